The quantitative estimate of drug-likeness (QED) is 0.885. The zero-order valence-electron chi connectivity index (χ0n) is 11.0. The Balaban J connectivity index is 2.15. The van der Waals surface area contributed by atoms with Crippen molar-refractivity contribution in [2.75, 3.05) is 6.54 Å². The largest absolute Gasteiger partial charge is 0.334 e. The fourth-order valence-electron chi connectivity index (χ4n) is 2.43. The predicted octanol–water partition coefficient (Wildman–Crippen LogP) is 1.73. The molecule has 1 fully saturated rings. The fraction of sp³-hybridized carbons (Fsp3) is 0.571. The fourth-order valence-corrected chi connectivity index (χ4v) is 2.43. The van der Waals surface area contributed by atoms with E-state index >= 15 is 0 Å². The van der Waals surface area contributed by atoms with Crippen molar-refractivity contribution in [3.63, 3.8) is 0 Å². The second-order valence-electron chi connectivity index (χ2n) is 5.25. The second-order valence-corrected chi connectivity index (χ2v) is 5.25. The van der Waals surface area contributed by atoms with Gasteiger partial charge in [-0.25, -0.2) is 0 Å². The Morgan fingerprint density at radius 3 is 2.94 bits per heavy atom. The molecule has 1 aromatic rings. The van der Waals surface area contributed by atoms with E-state index in [9.17, 15) is 4.79 Å². The molecule has 1 amide bonds. The van der Waals surface area contributed by atoms with E-state index in [1.54, 1.807) is 6.20 Å². The first kappa shape index (κ1) is 13.0. The molecule has 2 atom stereocenters. The summed E-state index contributed by atoms with van der Waals surface area (Å²) < 4.78 is 0. The Hall–Kier alpha value is -1.42. The summed E-state index contributed by atoms with van der Waals surface area (Å²) in [5.41, 5.74) is 7.08. The molecule has 2 rings (SSSR count). The number of nitrogens with two attached hydrogens (primary N) is 1. The number of hydrogen-bond donors (Lipinski definition) is 1. The van der Waals surface area contributed by atoms with Crippen molar-refractivity contribution in [3.05, 3.63) is 30.1 Å². The normalized spacial score (nSPS) is 21.3. The van der Waals surface area contributed by atoms with Crippen molar-refractivity contribution in [1.82, 2.24) is 9.88 Å². The second kappa shape index (κ2) is 5.48. The van der Waals surface area contributed by atoms with Gasteiger partial charge in [0.2, 0.25) is 5.91 Å². The summed E-state index contributed by atoms with van der Waals surface area (Å²) in [6.07, 6.45) is 5.64. The van der Waals surface area contributed by atoms with Gasteiger partial charge in [-0.1, -0.05) is 19.9 Å². The van der Waals surface area contributed by atoms with Gasteiger partial charge in [0.1, 0.15) is 0 Å². The lowest BCUT2D eigenvalue weighted by Crippen LogP contribution is -2.46. The first-order valence-electron chi connectivity index (χ1n) is 6.57. The Morgan fingerprint density at radius 2 is 2.33 bits per heavy atom. The lowest BCUT2D eigenvalue weighted by atomic mass is 10.0. The molecule has 1 aromatic heterocycles. The molecule has 2 unspecified atom stereocenters. The summed E-state index contributed by atoms with van der Waals surface area (Å²) in [4.78, 5) is 18.4. The van der Waals surface area contributed by atoms with Crippen molar-refractivity contribution in [2.24, 2.45) is 11.7 Å². The number of aromatic nitrogens is 1. The SMILES string of the molecule is CC(C)C(N)C(=O)N1CCCC1c1cccnc1. The van der Waals surface area contributed by atoms with Crippen molar-refractivity contribution in [2.45, 2.75) is 38.8 Å². The van der Waals surface area contributed by atoms with E-state index in [1.807, 2.05) is 37.1 Å². The first-order chi connectivity index (χ1) is 8.61. The van der Waals surface area contributed by atoms with Crippen LogP contribution in [0.4, 0.5) is 0 Å². The first-order valence-corrected chi connectivity index (χ1v) is 6.57. The molecule has 1 aliphatic heterocycles. The minimum absolute atomic E-state index is 0.0661. The van der Waals surface area contributed by atoms with E-state index in [4.69, 9.17) is 5.73 Å². The number of hydrogen-bond acceptors (Lipinski definition) is 3. The van der Waals surface area contributed by atoms with Crippen LogP contribution in [0.1, 0.15) is 38.3 Å². The Kier molecular flexibility index (Phi) is 3.97. The molecule has 0 saturated carbocycles. The van der Waals surface area contributed by atoms with Gasteiger partial charge in [-0.3, -0.25) is 9.78 Å². The maximum atomic E-state index is 12.4. The van der Waals surface area contributed by atoms with Crippen LogP contribution in [0.5, 0.6) is 0 Å². The van der Waals surface area contributed by atoms with Gasteiger partial charge in [0, 0.05) is 18.9 Å². The molecule has 1 saturated heterocycles. The van der Waals surface area contributed by atoms with Crippen LogP contribution in [-0.2, 0) is 4.79 Å². The monoisotopic (exact) mass is 247 g/mol. The van der Waals surface area contributed by atoms with E-state index in [1.165, 1.54) is 0 Å². The number of carbonyl (C=O) groups is 1. The standard InChI is InChI=1S/C14H21N3O/c1-10(2)13(15)14(18)17-8-4-6-12(17)11-5-3-7-16-9-11/h3,5,7,9-10,12-13H,4,6,8,15H2,1-2H3. The highest BCUT2D eigenvalue weighted by Crippen LogP contribution is 2.32. The van der Waals surface area contributed by atoms with E-state index < -0.39 is 6.04 Å². The lowest BCUT2D eigenvalue weighted by Gasteiger charge is -2.28. The molecule has 18 heavy (non-hydrogen) atoms. The van der Waals surface area contributed by atoms with Gasteiger partial charge in [-0.15, -0.1) is 0 Å². The van der Waals surface area contributed by atoms with Crippen LogP contribution < -0.4 is 5.73 Å². The third kappa shape index (κ3) is 2.53. The average molecular weight is 247 g/mol. The van der Waals surface area contributed by atoms with Crippen LogP contribution in [0.3, 0.4) is 0 Å². The highest BCUT2D eigenvalue weighted by Gasteiger charge is 2.33. The molecule has 0 aliphatic carbocycles. The number of rotatable bonds is 3. The van der Waals surface area contributed by atoms with Gasteiger partial charge in [0.15, 0.2) is 0 Å². The minimum Gasteiger partial charge on any atom is -0.334 e. The maximum Gasteiger partial charge on any atom is 0.240 e. The molecule has 98 valence electrons. The summed E-state index contributed by atoms with van der Waals surface area (Å²) in [5, 5.41) is 0. The molecule has 2 heterocycles. The maximum absolute atomic E-state index is 12.4. The highest BCUT2D eigenvalue weighted by atomic mass is 16.2. The molecular weight excluding hydrogens is 226 g/mol. The van der Waals surface area contributed by atoms with Gasteiger partial charge >= 0.3 is 0 Å². The molecule has 4 nitrogen and oxygen atoms in total. The predicted molar refractivity (Wildman–Crippen MR) is 70.7 cm³/mol. The van der Waals surface area contributed by atoms with Gasteiger partial charge in [-0.2, -0.15) is 0 Å². The zero-order valence-corrected chi connectivity index (χ0v) is 11.0. The summed E-state index contributed by atoms with van der Waals surface area (Å²) in [5.74, 6) is 0.240. The third-order valence-electron chi connectivity index (χ3n) is 3.61. The molecule has 1 aliphatic rings. The number of amides is 1. The molecule has 2 N–H and O–H groups in total. The summed E-state index contributed by atoms with van der Waals surface area (Å²) >= 11 is 0. The molecular formula is C14H21N3O. The number of likely N-dealkylation sites (tertiary alicyclic amines) is 1. The van der Waals surface area contributed by atoms with Crippen molar-refractivity contribution in [3.8, 4) is 0 Å². The van der Waals surface area contributed by atoms with Crippen LogP contribution in [0, 0.1) is 5.92 Å². The number of carbonyl (C=O) groups excluding carboxylic acids is 1. The van der Waals surface area contributed by atoms with Crippen molar-refractivity contribution in [1.29, 1.82) is 0 Å². The summed E-state index contributed by atoms with van der Waals surface area (Å²) in [6, 6.07) is 3.70. The van der Waals surface area contributed by atoms with E-state index in [-0.39, 0.29) is 17.9 Å². The average Bonchev–Trinajstić information content (AvgIpc) is 2.87. The molecule has 4 heteroatoms. The van der Waals surface area contributed by atoms with Crippen molar-refractivity contribution < 1.29 is 4.79 Å². The Morgan fingerprint density at radius 1 is 1.56 bits per heavy atom. The van der Waals surface area contributed by atoms with Crippen LogP contribution in [0.2, 0.25) is 0 Å². The zero-order chi connectivity index (χ0) is 13.1. The third-order valence-corrected chi connectivity index (χ3v) is 3.61. The minimum atomic E-state index is -0.401. The molecule has 0 radical (unpaired) electrons. The van der Waals surface area contributed by atoms with E-state index in [0.717, 1.165) is 24.9 Å². The lowest BCUT2D eigenvalue weighted by molar-refractivity contribution is -0.134. The number of nitrogens with zero attached hydrogens (tertiary/aromatic N) is 2. The Labute approximate surface area is 108 Å². The molecule has 0 spiro atoms. The Bertz CT molecular complexity index is 405. The van der Waals surface area contributed by atoms with Gasteiger partial charge in [0.25, 0.3) is 0 Å². The van der Waals surface area contributed by atoms with Crippen LogP contribution in [0.25, 0.3) is 0 Å². The summed E-state index contributed by atoms with van der Waals surface area (Å²) in [6.45, 7) is 4.77. The van der Waals surface area contributed by atoms with Crippen LogP contribution in [-0.4, -0.2) is 28.4 Å². The topological polar surface area (TPSA) is 59.2 Å². The van der Waals surface area contributed by atoms with Crippen LogP contribution in [0.15, 0.2) is 24.5 Å². The van der Waals surface area contributed by atoms with Crippen LogP contribution >= 0.6 is 0 Å². The van der Waals surface area contributed by atoms with Gasteiger partial charge in [0.05, 0.1) is 12.1 Å². The van der Waals surface area contributed by atoms with E-state index in [0.29, 0.717) is 0 Å². The van der Waals surface area contributed by atoms with Gasteiger partial charge < -0.3 is 10.6 Å². The van der Waals surface area contributed by atoms with E-state index in [2.05, 4.69) is 4.98 Å². The van der Waals surface area contributed by atoms with Gasteiger partial charge in [-0.05, 0) is 30.4 Å². The van der Waals surface area contributed by atoms with Crippen molar-refractivity contribution >= 4 is 5.91 Å². The molecule has 0 aromatic carbocycles. The smallest absolute Gasteiger partial charge is 0.240 e. The highest BCUT2D eigenvalue weighted by molar-refractivity contribution is 5.82. The molecule has 0 bridgehead atoms. The summed E-state index contributed by atoms with van der Waals surface area (Å²) in [7, 11) is 0. The number of pyridine rings is 1.